The molecule has 2 aromatic rings. The number of benzene rings is 1. The van der Waals surface area contributed by atoms with Gasteiger partial charge in [-0.15, -0.1) is 0 Å². The van der Waals surface area contributed by atoms with Gasteiger partial charge in [0.05, 0.1) is 16.9 Å². The molecule has 0 saturated carbocycles. The molecule has 0 bridgehead atoms. The second-order valence-electron chi connectivity index (χ2n) is 4.00. The fourth-order valence-corrected chi connectivity index (χ4v) is 2.54. The molecular formula is C12H15N3O2S. The third-order valence-electron chi connectivity index (χ3n) is 2.53. The van der Waals surface area contributed by atoms with Gasteiger partial charge in [-0.2, -0.15) is 0 Å². The van der Waals surface area contributed by atoms with Crippen LogP contribution in [-0.2, 0) is 16.4 Å². The molecule has 18 heavy (non-hydrogen) atoms. The zero-order chi connectivity index (χ0) is 13.0. The average molecular weight is 265 g/mol. The van der Waals surface area contributed by atoms with Gasteiger partial charge in [-0.1, -0.05) is 12.1 Å². The molecule has 96 valence electrons. The van der Waals surface area contributed by atoms with Crippen molar-refractivity contribution in [3.8, 4) is 0 Å². The molecule has 1 N–H and O–H groups in total. The van der Waals surface area contributed by atoms with Gasteiger partial charge < -0.3 is 9.88 Å². The lowest BCUT2D eigenvalue weighted by atomic mass is 10.3. The Bertz CT molecular complexity index is 606. The summed E-state index contributed by atoms with van der Waals surface area (Å²) in [5.74, 6) is 0. The minimum absolute atomic E-state index is 0.329. The summed E-state index contributed by atoms with van der Waals surface area (Å²) in [5.41, 5.74) is 0.639. The first-order chi connectivity index (χ1) is 8.57. The molecule has 0 aliphatic carbocycles. The van der Waals surface area contributed by atoms with Crippen molar-refractivity contribution >= 4 is 15.5 Å². The van der Waals surface area contributed by atoms with E-state index in [1.165, 1.54) is 6.26 Å². The first kappa shape index (κ1) is 12.6. The molecule has 5 nitrogen and oxygen atoms in total. The summed E-state index contributed by atoms with van der Waals surface area (Å²) in [6.45, 7) is 1.38. The standard InChI is InChI=1S/C12H15N3O2S/c1-18(16,17)12-5-3-2-4-11(12)14-7-9-15-8-6-13-10-15/h2-6,8,10,14H,7,9H2,1H3. The maximum atomic E-state index is 11.6. The molecule has 0 radical (unpaired) electrons. The lowest BCUT2D eigenvalue weighted by Gasteiger charge is -2.10. The normalized spacial score (nSPS) is 11.4. The minimum Gasteiger partial charge on any atom is -0.382 e. The van der Waals surface area contributed by atoms with E-state index in [1.54, 1.807) is 30.7 Å². The highest BCUT2D eigenvalue weighted by molar-refractivity contribution is 7.90. The number of sulfone groups is 1. The van der Waals surface area contributed by atoms with Crippen LogP contribution in [0.1, 0.15) is 0 Å². The predicted octanol–water partition coefficient (Wildman–Crippen LogP) is 1.40. The lowest BCUT2D eigenvalue weighted by molar-refractivity contribution is 0.602. The molecule has 0 saturated heterocycles. The molecule has 0 atom stereocenters. The summed E-state index contributed by atoms with van der Waals surface area (Å²) in [7, 11) is -3.20. The molecule has 0 unspecified atom stereocenters. The Hall–Kier alpha value is -1.82. The minimum atomic E-state index is -3.20. The smallest absolute Gasteiger partial charge is 0.177 e. The van der Waals surface area contributed by atoms with E-state index in [9.17, 15) is 8.42 Å². The van der Waals surface area contributed by atoms with E-state index >= 15 is 0 Å². The Morgan fingerprint density at radius 2 is 2.11 bits per heavy atom. The van der Waals surface area contributed by atoms with Crippen molar-refractivity contribution < 1.29 is 8.42 Å². The number of nitrogens with one attached hydrogen (secondary N) is 1. The summed E-state index contributed by atoms with van der Waals surface area (Å²) in [6, 6.07) is 6.91. The van der Waals surface area contributed by atoms with Gasteiger partial charge in [-0.3, -0.25) is 0 Å². The molecule has 0 aliphatic heterocycles. The monoisotopic (exact) mass is 265 g/mol. The molecule has 6 heteroatoms. The second kappa shape index (κ2) is 5.22. The van der Waals surface area contributed by atoms with E-state index < -0.39 is 9.84 Å². The van der Waals surface area contributed by atoms with Crippen LogP contribution in [0.15, 0.2) is 47.9 Å². The topological polar surface area (TPSA) is 64.0 Å². The summed E-state index contributed by atoms with van der Waals surface area (Å²) in [4.78, 5) is 4.27. The molecule has 0 aliphatic rings. The Morgan fingerprint density at radius 1 is 1.33 bits per heavy atom. The first-order valence-electron chi connectivity index (χ1n) is 5.56. The molecule has 0 fully saturated rings. The molecular weight excluding hydrogens is 250 g/mol. The van der Waals surface area contributed by atoms with Crippen molar-refractivity contribution in [3.63, 3.8) is 0 Å². The maximum absolute atomic E-state index is 11.6. The quantitative estimate of drug-likeness (QED) is 0.887. The Labute approximate surface area is 106 Å². The van der Waals surface area contributed by atoms with Crippen LogP contribution < -0.4 is 5.32 Å². The van der Waals surface area contributed by atoms with Crippen LogP contribution >= 0.6 is 0 Å². The molecule has 1 aromatic carbocycles. The van der Waals surface area contributed by atoms with Gasteiger partial charge in [0, 0.05) is 31.7 Å². The van der Waals surface area contributed by atoms with E-state index in [0.717, 1.165) is 6.54 Å². The lowest BCUT2D eigenvalue weighted by Crippen LogP contribution is -2.11. The second-order valence-corrected chi connectivity index (χ2v) is 5.98. The van der Waals surface area contributed by atoms with Crippen molar-refractivity contribution in [2.24, 2.45) is 0 Å². The number of anilines is 1. The molecule has 0 spiro atoms. The maximum Gasteiger partial charge on any atom is 0.177 e. The van der Waals surface area contributed by atoms with Crippen molar-refractivity contribution in [1.82, 2.24) is 9.55 Å². The van der Waals surface area contributed by atoms with Crippen LogP contribution in [0.25, 0.3) is 0 Å². The highest BCUT2D eigenvalue weighted by Crippen LogP contribution is 2.20. The van der Waals surface area contributed by atoms with E-state index in [4.69, 9.17) is 0 Å². The van der Waals surface area contributed by atoms with Gasteiger partial charge in [-0.25, -0.2) is 13.4 Å². The summed E-state index contributed by atoms with van der Waals surface area (Å²) in [5, 5.41) is 3.13. The van der Waals surface area contributed by atoms with Crippen molar-refractivity contribution in [3.05, 3.63) is 43.0 Å². The molecule has 0 amide bonds. The fourth-order valence-electron chi connectivity index (χ4n) is 1.67. The summed E-state index contributed by atoms with van der Waals surface area (Å²) >= 11 is 0. The Morgan fingerprint density at radius 3 is 2.78 bits per heavy atom. The molecule has 2 rings (SSSR count). The van der Waals surface area contributed by atoms with Crippen LogP contribution in [-0.4, -0.2) is 30.8 Å². The van der Waals surface area contributed by atoms with Crippen LogP contribution in [0.2, 0.25) is 0 Å². The van der Waals surface area contributed by atoms with Crippen LogP contribution in [0, 0.1) is 0 Å². The number of imidazole rings is 1. The van der Waals surface area contributed by atoms with Gasteiger partial charge in [0.15, 0.2) is 9.84 Å². The largest absolute Gasteiger partial charge is 0.382 e. The van der Waals surface area contributed by atoms with E-state index in [0.29, 0.717) is 17.1 Å². The van der Waals surface area contributed by atoms with Crippen molar-refractivity contribution in [2.45, 2.75) is 11.4 Å². The molecule has 1 aromatic heterocycles. The zero-order valence-corrected chi connectivity index (χ0v) is 10.9. The molecule has 1 heterocycles. The van der Waals surface area contributed by atoms with Gasteiger partial charge in [0.1, 0.15) is 0 Å². The summed E-state index contributed by atoms with van der Waals surface area (Å²) in [6.07, 6.45) is 6.52. The van der Waals surface area contributed by atoms with Crippen LogP contribution in [0.4, 0.5) is 5.69 Å². The van der Waals surface area contributed by atoms with Crippen molar-refractivity contribution in [2.75, 3.05) is 18.1 Å². The van der Waals surface area contributed by atoms with Crippen molar-refractivity contribution in [1.29, 1.82) is 0 Å². The predicted molar refractivity (Wildman–Crippen MR) is 70.3 cm³/mol. The van der Waals surface area contributed by atoms with E-state index in [1.807, 2.05) is 16.8 Å². The highest BCUT2D eigenvalue weighted by Gasteiger charge is 2.11. The van der Waals surface area contributed by atoms with Crippen LogP contribution in [0.3, 0.4) is 0 Å². The number of nitrogens with zero attached hydrogens (tertiary/aromatic N) is 2. The third-order valence-corrected chi connectivity index (χ3v) is 3.69. The number of aromatic nitrogens is 2. The van der Waals surface area contributed by atoms with E-state index in [-0.39, 0.29) is 0 Å². The van der Waals surface area contributed by atoms with Gasteiger partial charge in [0.2, 0.25) is 0 Å². The SMILES string of the molecule is CS(=O)(=O)c1ccccc1NCCn1ccnc1. The van der Waals surface area contributed by atoms with Crippen LogP contribution in [0.5, 0.6) is 0 Å². The summed E-state index contributed by atoms with van der Waals surface area (Å²) < 4.78 is 25.1. The third kappa shape index (κ3) is 3.10. The Balaban J connectivity index is 2.06. The van der Waals surface area contributed by atoms with E-state index in [2.05, 4.69) is 10.3 Å². The fraction of sp³-hybridized carbons (Fsp3) is 0.250. The number of rotatable bonds is 5. The Kier molecular flexibility index (Phi) is 3.66. The zero-order valence-electron chi connectivity index (χ0n) is 10.1. The van der Waals surface area contributed by atoms with Gasteiger partial charge in [0.25, 0.3) is 0 Å². The van der Waals surface area contributed by atoms with Gasteiger partial charge >= 0.3 is 0 Å². The number of para-hydroxylation sites is 1. The van der Waals surface area contributed by atoms with Gasteiger partial charge in [-0.05, 0) is 12.1 Å². The first-order valence-corrected chi connectivity index (χ1v) is 7.45. The number of hydrogen-bond acceptors (Lipinski definition) is 4. The number of hydrogen-bond donors (Lipinski definition) is 1. The average Bonchev–Trinajstić information content (AvgIpc) is 2.81. The highest BCUT2D eigenvalue weighted by atomic mass is 32.2.